The number of hydrogen-bond acceptors (Lipinski definition) is 4. The first-order chi connectivity index (χ1) is 8.27. The van der Waals surface area contributed by atoms with Gasteiger partial charge in [0.1, 0.15) is 0 Å². The van der Waals surface area contributed by atoms with E-state index in [2.05, 4.69) is 17.6 Å². The molecule has 2 aliphatic heterocycles. The minimum Gasteiger partial charge on any atom is -0.377 e. The van der Waals surface area contributed by atoms with Crippen molar-refractivity contribution in [2.75, 3.05) is 39.3 Å². The summed E-state index contributed by atoms with van der Waals surface area (Å²) < 4.78 is 5.50. The standard InChI is InChI=1S/C12H23N3O2/c1-10-7-13-4-5-15(10)12(16)9-14-8-11-3-2-6-17-11/h10-11,13-14H,2-9H2,1H3/t10-,11?/m1/s1. The number of ether oxygens (including phenoxy) is 1. The highest BCUT2D eigenvalue weighted by molar-refractivity contribution is 5.78. The summed E-state index contributed by atoms with van der Waals surface area (Å²) in [5, 5.41) is 6.49. The minimum absolute atomic E-state index is 0.206. The van der Waals surface area contributed by atoms with Crippen molar-refractivity contribution in [3.8, 4) is 0 Å². The topological polar surface area (TPSA) is 53.6 Å². The van der Waals surface area contributed by atoms with Crippen molar-refractivity contribution < 1.29 is 9.53 Å². The summed E-state index contributed by atoms with van der Waals surface area (Å²) >= 11 is 0. The first-order valence-electron chi connectivity index (χ1n) is 6.60. The molecule has 2 N–H and O–H groups in total. The Kier molecular flexibility index (Phi) is 4.76. The second-order valence-corrected chi connectivity index (χ2v) is 4.91. The van der Waals surface area contributed by atoms with Gasteiger partial charge in [0.25, 0.3) is 0 Å². The zero-order valence-electron chi connectivity index (χ0n) is 10.6. The zero-order chi connectivity index (χ0) is 12.1. The molecule has 0 aromatic carbocycles. The maximum Gasteiger partial charge on any atom is 0.236 e. The Bertz CT molecular complexity index is 254. The number of rotatable bonds is 4. The van der Waals surface area contributed by atoms with Gasteiger partial charge in [-0.1, -0.05) is 0 Å². The van der Waals surface area contributed by atoms with Crippen LogP contribution in [0.1, 0.15) is 19.8 Å². The van der Waals surface area contributed by atoms with Crippen LogP contribution >= 0.6 is 0 Å². The van der Waals surface area contributed by atoms with Gasteiger partial charge in [0.05, 0.1) is 12.6 Å². The smallest absolute Gasteiger partial charge is 0.236 e. The summed E-state index contributed by atoms with van der Waals surface area (Å²) in [5.41, 5.74) is 0. The number of carbonyl (C=O) groups is 1. The number of piperazine rings is 1. The van der Waals surface area contributed by atoms with Crippen molar-refractivity contribution in [1.29, 1.82) is 0 Å². The van der Waals surface area contributed by atoms with E-state index >= 15 is 0 Å². The summed E-state index contributed by atoms with van der Waals surface area (Å²) in [6, 6.07) is 0.306. The third-order valence-corrected chi connectivity index (χ3v) is 3.49. The van der Waals surface area contributed by atoms with Crippen molar-refractivity contribution in [2.24, 2.45) is 0 Å². The fourth-order valence-corrected chi connectivity index (χ4v) is 2.46. The van der Waals surface area contributed by atoms with Gasteiger partial charge >= 0.3 is 0 Å². The second kappa shape index (κ2) is 6.33. The molecule has 0 aromatic rings. The molecule has 2 saturated heterocycles. The Morgan fingerprint density at radius 1 is 1.59 bits per heavy atom. The molecule has 5 heteroatoms. The second-order valence-electron chi connectivity index (χ2n) is 4.91. The van der Waals surface area contributed by atoms with Crippen LogP contribution in [-0.4, -0.2) is 62.3 Å². The van der Waals surface area contributed by atoms with Crippen LogP contribution in [-0.2, 0) is 9.53 Å². The van der Waals surface area contributed by atoms with Crippen LogP contribution in [0.15, 0.2) is 0 Å². The largest absolute Gasteiger partial charge is 0.377 e. The molecule has 0 spiro atoms. The van der Waals surface area contributed by atoms with E-state index in [0.717, 1.165) is 45.6 Å². The van der Waals surface area contributed by atoms with Gasteiger partial charge < -0.3 is 20.3 Å². The Balaban J connectivity index is 1.65. The molecule has 2 rings (SSSR count). The molecule has 2 fully saturated rings. The molecule has 1 unspecified atom stereocenters. The maximum atomic E-state index is 12.0. The highest BCUT2D eigenvalue weighted by atomic mass is 16.5. The van der Waals surface area contributed by atoms with Crippen molar-refractivity contribution in [3.63, 3.8) is 0 Å². The summed E-state index contributed by atoms with van der Waals surface area (Å²) in [6.45, 7) is 6.82. The van der Waals surface area contributed by atoms with Gasteiger partial charge in [-0.05, 0) is 19.8 Å². The van der Waals surface area contributed by atoms with Gasteiger partial charge in [0.15, 0.2) is 0 Å². The van der Waals surface area contributed by atoms with E-state index in [9.17, 15) is 4.79 Å². The normalized spacial score (nSPS) is 29.6. The molecule has 0 aliphatic carbocycles. The lowest BCUT2D eigenvalue weighted by molar-refractivity contribution is -0.133. The van der Waals surface area contributed by atoms with Gasteiger partial charge in [-0.3, -0.25) is 4.79 Å². The third-order valence-electron chi connectivity index (χ3n) is 3.49. The highest BCUT2D eigenvalue weighted by Gasteiger charge is 2.23. The number of carbonyl (C=O) groups excluding carboxylic acids is 1. The molecular weight excluding hydrogens is 218 g/mol. The summed E-state index contributed by atoms with van der Waals surface area (Å²) in [5.74, 6) is 0.206. The minimum atomic E-state index is 0.206. The van der Waals surface area contributed by atoms with E-state index in [1.807, 2.05) is 4.90 Å². The van der Waals surface area contributed by atoms with Gasteiger partial charge in [-0.2, -0.15) is 0 Å². The maximum absolute atomic E-state index is 12.0. The van der Waals surface area contributed by atoms with Crippen LogP contribution in [0.3, 0.4) is 0 Å². The molecule has 0 saturated carbocycles. The molecule has 0 radical (unpaired) electrons. The fourth-order valence-electron chi connectivity index (χ4n) is 2.46. The van der Waals surface area contributed by atoms with Gasteiger partial charge in [0.2, 0.25) is 5.91 Å². The Labute approximate surface area is 103 Å². The molecule has 1 amide bonds. The Morgan fingerprint density at radius 2 is 2.47 bits per heavy atom. The molecule has 0 bridgehead atoms. The summed E-state index contributed by atoms with van der Waals surface area (Å²) in [6.07, 6.45) is 2.57. The van der Waals surface area contributed by atoms with E-state index in [0.29, 0.717) is 18.7 Å². The number of nitrogens with zero attached hydrogens (tertiary/aromatic N) is 1. The first-order valence-corrected chi connectivity index (χ1v) is 6.60. The molecular formula is C12H23N3O2. The summed E-state index contributed by atoms with van der Waals surface area (Å²) in [4.78, 5) is 13.9. The molecule has 98 valence electrons. The van der Waals surface area contributed by atoms with Crippen molar-refractivity contribution >= 4 is 5.91 Å². The third kappa shape index (κ3) is 3.66. The van der Waals surface area contributed by atoms with Gasteiger partial charge in [-0.25, -0.2) is 0 Å². The molecule has 2 aliphatic rings. The lowest BCUT2D eigenvalue weighted by Gasteiger charge is -2.34. The van der Waals surface area contributed by atoms with Gasteiger partial charge in [-0.15, -0.1) is 0 Å². The van der Waals surface area contributed by atoms with Crippen LogP contribution in [0.25, 0.3) is 0 Å². The first kappa shape index (κ1) is 12.8. The van der Waals surface area contributed by atoms with Crippen molar-refractivity contribution in [1.82, 2.24) is 15.5 Å². The van der Waals surface area contributed by atoms with E-state index in [4.69, 9.17) is 4.74 Å². The van der Waals surface area contributed by atoms with Crippen molar-refractivity contribution in [2.45, 2.75) is 31.9 Å². The van der Waals surface area contributed by atoms with Crippen LogP contribution in [0.5, 0.6) is 0 Å². The van der Waals surface area contributed by atoms with Crippen LogP contribution in [0.2, 0.25) is 0 Å². The zero-order valence-corrected chi connectivity index (χ0v) is 10.6. The molecule has 2 heterocycles. The van der Waals surface area contributed by atoms with E-state index in [1.54, 1.807) is 0 Å². The van der Waals surface area contributed by atoms with Crippen LogP contribution in [0, 0.1) is 0 Å². The van der Waals surface area contributed by atoms with Crippen LogP contribution in [0.4, 0.5) is 0 Å². The van der Waals surface area contributed by atoms with E-state index < -0.39 is 0 Å². The number of amides is 1. The summed E-state index contributed by atoms with van der Waals surface area (Å²) in [7, 11) is 0. The predicted molar refractivity (Wildman–Crippen MR) is 65.9 cm³/mol. The predicted octanol–water partition coefficient (Wildman–Crippen LogP) is -0.425. The Hall–Kier alpha value is -0.650. The quantitative estimate of drug-likeness (QED) is 0.701. The molecule has 0 aromatic heterocycles. The highest BCUT2D eigenvalue weighted by Crippen LogP contribution is 2.10. The molecule has 2 atom stereocenters. The molecule has 5 nitrogen and oxygen atoms in total. The average molecular weight is 241 g/mol. The monoisotopic (exact) mass is 241 g/mol. The van der Waals surface area contributed by atoms with E-state index in [-0.39, 0.29) is 5.91 Å². The Morgan fingerprint density at radius 3 is 3.18 bits per heavy atom. The fraction of sp³-hybridized carbons (Fsp3) is 0.917. The van der Waals surface area contributed by atoms with Gasteiger partial charge in [0, 0.05) is 38.8 Å². The SMILES string of the molecule is C[C@@H]1CNCCN1C(=O)CNCC1CCCO1. The van der Waals surface area contributed by atoms with Crippen LogP contribution < -0.4 is 10.6 Å². The molecule has 17 heavy (non-hydrogen) atoms. The lowest BCUT2D eigenvalue weighted by atomic mass is 10.2. The number of nitrogens with one attached hydrogen (secondary N) is 2. The number of hydrogen-bond donors (Lipinski definition) is 2. The average Bonchev–Trinajstić information content (AvgIpc) is 2.82. The van der Waals surface area contributed by atoms with E-state index in [1.165, 1.54) is 0 Å². The van der Waals surface area contributed by atoms with Crippen molar-refractivity contribution in [3.05, 3.63) is 0 Å². The lowest BCUT2D eigenvalue weighted by Crippen LogP contribution is -2.54.